The molecule has 28 heavy (non-hydrogen) atoms. The van der Waals surface area contributed by atoms with E-state index in [0.717, 1.165) is 18.0 Å². The van der Waals surface area contributed by atoms with Crippen LogP contribution in [0.4, 0.5) is 0 Å². The number of piperazine rings is 1. The molecule has 0 bridgehead atoms. The number of likely N-dealkylation sites (tertiary alicyclic amines) is 1. The molecule has 0 aromatic heterocycles. The Balaban J connectivity index is 1.20. The maximum atomic E-state index is 2.85. The van der Waals surface area contributed by atoms with E-state index in [9.17, 15) is 0 Å². The third-order valence-corrected chi connectivity index (χ3v) is 8.89. The van der Waals surface area contributed by atoms with Crippen LogP contribution in [0.25, 0.3) is 0 Å². The average molecular weight is 390 g/mol. The summed E-state index contributed by atoms with van der Waals surface area (Å²) >= 11 is 0. The Labute approximate surface area is 175 Å². The predicted octanol–water partition coefficient (Wildman–Crippen LogP) is 4.86. The van der Waals surface area contributed by atoms with Crippen molar-refractivity contribution in [3.63, 3.8) is 0 Å². The van der Waals surface area contributed by atoms with Gasteiger partial charge in [-0.05, 0) is 101 Å². The molecular formula is C25H47N3. The predicted molar refractivity (Wildman–Crippen MR) is 120 cm³/mol. The molecule has 4 rings (SSSR count). The van der Waals surface area contributed by atoms with Crippen molar-refractivity contribution in [2.24, 2.45) is 16.7 Å². The molecule has 0 radical (unpaired) electrons. The molecule has 0 aromatic carbocycles. The lowest BCUT2D eigenvalue weighted by molar-refractivity contribution is 0.00868. The summed E-state index contributed by atoms with van der Waals surface area (Å²) in [7, 11) is 0. The van der Waals surface area contributed by atoms with Crippen molar-refractivity contribution >= 4 is 0 Å². The first kappa shape index (κ1) is 21.1. The highest BCUT2D eigenvalue weighted by molar-refractivity contribution is 4.99. The summed E-state index contributed by atoms with van der Waals surface area (Å²) in [5.74, 6) is 0.872. The third kappa shape index (κ3) is 4.95. The first-order chi connectivity index (χ1) is 13.4. The van der Waals surface area contributed by atoms with Gasteiger partial charge in [0.15, 0.2) is 0 Å². The molecule has 0 aromatic rings. The third-order valence-electron chi connectivity index (χ3n) is 8.89. The molecule has 2 aliphatic carbocycles. The fourth-order valence-corrected chi connectivity index (χ4v) is 6.83. The van der Waals surface area contributed by atoms with Gasteiger partial charge in [-0.25, -0.2) is 0 Å². The Morgan fingerprint density at radius 3 is 1.86 bits per heavy atom. The van der Waals surface area contributed by atoms with Crippen molar-refractivity contribution in [2.75, 3.05) is 45.8 Å². The zero-order valence-electron chi connectivity index (χ0n) is 19.4. The molecule has 4 aliphatic rings. The number of piperidine rings is 1. The van der Waals surface area contributed by atoms with Crippen molar-refractivity contribution in [1.29, 1.82) is 0 Å². The molecule has 3 nitrogen and oxygen atoms in total. The van der Waals surface area contributed by atoms with Gasteiger partial charge in [-0.3, -0.25) is 9.80 Å². The van der Waals surface area contributed by atoms with Crippen LogP contribution in [0.5, 0.6) is 0 Å². The van der Waals surface area contributed by atoms with E-state index in [-0.39, 0.29) is 0 Å². The normalized spacial score (nSPS) is 29.8. The maximum Gasteiger partial charge on any atom is 0.0113 e. The SMILES string of the molecule is CC(C)CC1(CN2CCC3(CCC(N4CCN(C(C)C)CC4)CC3)CC2)CC1. The number of hydrogen-bond donors (Lipinski definition) is 0. The Hall–Kier alpha value is -0.120. The highest BCUT2D eigenvalue weighted by atomic mass is 15.3. The van der Waals surface area contributed by atoms with Crippen LogP contribution in [-0.4, -0.2) is 72.6 Å². The standard InChI is InChI=1S/C25H47N3/c1-21(2)19-25(9-10-25)20-26-13-11-24(12-14-26)7-5-23(6-8-24)28-17-15-27(16-18-28)22(3)4/h21-23H,5-20H2,1-4H3. The molecule has 0 amide bonds. The fourth-order valence-electron chi connectivity index (χ4n) is 6.83. The largest absolute Gasteiger partial charge is 0.303 e. The quantitative estimate of drug-likeness (QED) is 0.642. The van der Waals surface area contributed by atoms with E-state index in [0.29, 0.717) is 10.8 Å². The first-order valence-electron chi connectivity index (χ1n) is 12.6. The van der Waals surface area contributed by atoms with Crippen LogP contribution in [0.15, 0.2) is 0 Å². The molecular weight excluding hydrogens is 342 g/mol. The maximum absolute atomic E-state index is 2.85. The van der Waals surface area contributed by atoms with E-state index < -0.39 is 0 Å². The summed E-state index contributed by atoms with van der Waals surface area (Å²) in [6.07, 6.45) is 13.4. The van der Waals surface area contributed by atoms with Gasteiger partial charge >= 0.3 is 0 Å². The summed E-state index contributed by atoms with van der Waals surface area (Å²) in [5, 5.41) is 0. The molecule has 162 valence electrons. The van der Waals surface area contributed by atoms with Gasteiger partial charge in [0.25, 0.3) is 0 Å². The van der Waals surface area contributed by atoms with Crippen LogP contribution in [-0.2, 0) is 0 Å². The van der Waals surface area contributed by atoms with Crippen molar-refractivity contribution in [2.45, 2.75) is 97.6 Å². The number of rotatable bonds is 6. The molecule has 3 heteroatoms. The minimum atomic E-state index is 0.710. The van der Waals surface area contributed by atoms with Gasteiger partial charge in [0.2, 0.25) is 0 Å². The Morgan fingerprint density at radius 2 is 1.36 bits per heavy atom. The van der Waals surface area contributed by atoms with Crippen LogP contribution < -0.4 is 0 Å². The lowest BCUT2D eigenvalue weighted by Gasteiger charge is -2.49. The summed E-state index contributed by atoms with van der Waals surface area (Å²) in [6, 6.07) is 1.61. The molecule has 2 saturated carbocycles. The zero-order valence-corrected chi connectivity index (χ0v) is 19.4. The Bertz CT molecular complexity index is 484. The van der Waals surface area contributed by atoms with E-state index in [2.05, 4.69) is 42.4 Å². The van der Waals surface area contributed by atoms with Gasteiger partial charge < -0.3 is 4.90 Å². The highest BCUT2D eigenvalue weighted by Gasteiger charge is 2.46. The minimum Gasteiger partial charge on any atom is -0.303 e. The molecule has 2 saturated heterocycles. The van der Waals surface area contributed by atoms with Gasteiger partial charge in [0.05, 0.1) is 0 Å². The van der Waals surface area contributed by atoms with Gasteiger partial charge in [0.1, 0.15) is 0 Å². The second kappa shape index (κ2) is 8.55. The van der Waals surface area contributed by atoms with Crippen LogP contribution in [0, 0.1) is 16.7 Å². The summed E-state index contributed by atoms with van der Waals surface area (Å²) in [5.41, 5.74) is 1.43. The lowest BCUT2D eigenvalue weighted by Crippen LogP contribution is -2.53. The van der Waals surface area contributed by atoms with E-state index in [1.54, 1.807) is 0 Å². The minimum absolute atomic E-state index is 0.710. The first-order valence-corrected chi connectivity index (χ1v) is 12.6. The highest BCUT2D eigenvalue weighted by Crippen LogP contribution is 2.52. The van der Waals surface area contributed by atoms with Crippen molar-refractivity contribution < 1.29 is 0 Å². The van der Waals surface area contributed by atoms with Gasteiger partial charge in [-0.2, -0.15) is 0 Å². The van der Waals surface area contributed by atoms with Crippen molar-refractivity contribution in [3.05, 3.63) is 0 Å². The summed E-state index contributed by atoms with van der Waals surface area (Å²) in [4.78, 5) is 8.34. The fraction of sp³-hybridized carbons (Fsp3) is 1.00. The second-order valence-corrected chi connectivity index (χ2v) is 11.8. The van der Waals surface area contributed by atoms with E-state index in [1.807, 2.05) is 0 Å². The number of nitrogens with zero attached hydrogens (tertiary/aromatic N) is 3. The lowest BCUT2D eigenvalue weighted by atomic mass is 9.66. The average Bonchev–Trinajstić information content (AvgIpc) is 3.43. The molecule has 0 atom stereocenters. The van der Waals surface area contributed by atoms with Crippen LogP contribution in [0.3, 0.4) is 0 Å². The Kier molecular flexibility index (Phi) is 6.45. The molecule has 2 aliphatic heterocycles. The monoisotopic (exact) mass is 389 g/mol. The molecule has 4 fully saturated rings. The van der Waals surface area contributed by atoms with E-state index >= 15 is 0 Å². The summed E-state index contributed by atoms with van der Waals surface area (Å²) in [6.45, 7) is 18.9. The van der Waals surface area contributed by atoms with Gasteiger partial charge in [0, 0.05) is 44.8 Å². The molecule has 0 N–H and O–H groups in total. The van der Waals surface area contributed by atoms with Gasteiger partial charge in [-0.15, -0.1) is 0 Å². The molecule has 0 unspecified atom stereocenters. The van der Waals surface area contributed by atoms with Gasteiger partial charge in [-0.1, -0.05) is 13.8 Å². The zero-order chi connectivity index (χ0) is 19.8. The second-order valence-electron chi connectivity index (χ2n) is 11.8. The Morgan fingerprint density at radius 1 is 0.750 bits per heavy atom. The van der Waals surface area contributed by atoms with Crippen molar-refractivity contribution in [1.82, 2.24) is 14.7 Å². The van der Waals surface area contributed by atoms with Crippen LogP contribution >= 0.6 is 0 Å². The van der Waals surface area contributed by atoms with E-state index in [4.69, 9.17) is 0 Å². The van der Waals surface area contributed by atoms with Crippen molar-refractivity contribution in [3.8, 4) is 0 Å². The molecule has 1 spiro atoms. The topological polar surface area (TPSA) is 9.72 Å². The van der Waals surface area contributed by atoms with Crippen LogP contribution in [0.2, 0.25) is 0 Å². The molecule has 2 heterocycles. The smallest absolute Gasteiger partial charge is 0.0113 e. The van der Waals surface area contributed by atoms with Crippen LogP contribution in [0.1, 0.15) is 85.5 Å². The van der Waals surface area contributed by atoms with E-state index in [1.165, 1.54) is 104 Å². The summed E-state index contributed by atoms with van der Waals surface area (Å²) < 4.78 is 0. The number of hydrogen-bond acceptors (Lipinski definition) is 3.